The van der Waals surface area contributed by atoms with Gasteiger partial charge in [0.25, 0.3) is 0 Å². The molecule has 0 unspecified atom stereocenters. The highest BCUT2D eigenvalue weighted by atomic mass is 16.5. The zero-order chi connectivity index (χ0) is 23.6. The van der Waals surface area contributed by atoms with E-state index in [1.54, 1.807) is 4.68 Å². The lowest BCUT2D eigenvalue weighted by Crippen LogP contribution is -2.13. The highest BCUT2D eigenvalue weighted by molar-refractivity contribution is 6.07. The van der Waals surface area contributed by atoms with Gasteiger partial charge in [-0.2, -0.15) is 4.68 Å². The molecule has 0 spiro atoms. The van der Waals surface area contributed by atoms with Crippen molar-refractivity contribution in [2.75, 3.05) is 0 Å². The van der Waals surface area contributed by atoms with Gasteiger partial charge >= 0.3 is 5.97 Å². The molecule has 0 amide bonds. The zero-order valence-electron chi connectivity index (χ0n) is 18.8. The van der Waals surface area contributed by atoms with E-state index in [9.17, 15) is 4.79 Å². The second-order valence-electron chi connectivity index (χ2n) is 8.33. The maximum atomic E-state index is 13.5. The van der Waals surface area contributed by atoms with Crippen LogP contribution >= 0.6 is 0 Å². The van der Waals surface area contributed by atoms with Crippen molar-refractivity contribution in [3.8, 4) is 5.69 Å². The maximum absolute atomic E-state index is 13.5. The highest BCUT2D eigenvalue weighted by Gasteiger charge is 2.28. The maximum Gasteiger partial charge on any atom is 0.339 e. The summed E-state index contributed by atoms with van der Waals surface area (Å²) < 4.78 is 7.34. The number of hydrogen-bond acceptors (Lipinski definition) is 6. The van der Waals surface area contributed by atoms with Gasteiger partial charge in [-0.15, -0.1) is 5.10 Å². The Morgan fingerprint density at radius 1 is 0.914 bits per heavy atom. The number of tetrazole rings is 1. The first-order chi connectivity index (χ1) is 17.3. The van der Waals surface area contributed by atoms with E-state index in [1.165, 1.54) is 0 Å². The third-order valence-corrected chi connectivity index (χ3v) is 6.15. The van der Waals surface area contributed by atoms with Gasteiger partial charge in [0.1, 0.15) is 0 Å². The number of carbonyl (C=O) groups excluding carboxylic acids is 1. The molecule has 6 rings (SSSR count). The molecule has 7 nitrogen and oxygen atoms in total. The van der Waals surface area contributed by atoms with Crippen molar-refractivity contribution in [2.24, 2.45) is 0 Å². The van der Waals surface area contributed by atoms with Crippen LogP contribution in [0.3, 0.4) is 0 Å². The largest absolute Gasteiger partial charge is 0.454 e. The van der Waals surface area contributed by atoms with Crippen molar-refractivity contribution < 1.29 is 9.53 Å². The smallest absolute Gasteiger partial charge is 0.339 e. The third kappa shape index (κ3) is 3.97. The van der Waals surface area contributed by atoms with Crippen molar-refractivity contribution in [2.45, 2.75) is 19.4 Å². The second-order valence-corrected chi connectivity index (χ2v) is 8.33. The number of ether oxygens (including phenoxy) is 1. The molecule has 0 aliphatic heterocycles. The zero-order valence-corrected chi connectivity index (χ0v) is 18.8. The van der Waals surface area contributed by atoms with Crippen molar-refractivity contribution in [1.82, 2.24) is 25.2 Å². The Kier molecular flexibility index (Phi) is 5.35. The van der Waals surface area contributed by atoms with Crippen LogP contribution in [0.5, 0.6) is 0 Å². The molecule has 0 saturated carbocycles. The minimum atomic E-state index is -0.400. The van der Waals surface area contributed by atoms with Crippen LogP contribution in [0.1, 0.15) is 39.4 Å². The fourth-order valence-corrected chi connectivity index (χ4v) is 4.53. The molecule has 35 heavy (non-hydrogen) atoms. The van der Waals surface area contributed by atoms with E-state index in [2.05, 4.69) is 33.7 Å². The summed E-state index contributed by atoms with van der Waals surface area (Å²) in [4.78, 5) is 18.4. The van der Waals surface area contributed by atoms with Crippen LogP contribution in [0.15, 0.2) is 84.9 Å². The quantitative estimate of drug-likeness (QED) is 0.342. The third-order valence-electron chi connectivity index (χ3n) is 6.15. The van der Waals surface area contributed by atoms with Crippen molar-refractivity contribution in [3.05, 3.63) is 113 Å². The van der Waals surface area contributed by atoms with Crippen molar-refractivity contribution in [1.29, 1.82) is 0 Å². The molecule has 7 heteroatoms. The first-order valence-corrected chi connectivity index (χ1v) is 11.5. The minimum absolute atomic E-state index is 0.0428. The highest BCUT2D eigenvalue weighted by Crippen LogP contribution is 2.37. The molecule has 0 atom stereocenters. The van der Waals surface area contributed by atoms with E-state index in [0.717, 1.165) is 51.8 Å². The Bertz CT molecular complexity index is 1560. The van der Waals surface area contributed by atoms with Gasteiger partial charge in [0.15, 0.2) is 12.4 Å². The molecule has 0 saturated heterocycles. The Hall–Kier alpha value is -4.65. The predicted octanol–water partition coefficient (Wildman–Crippen LogP) is 5.05. The van der Waals surface area contributed by atoms with Crippen molar-refractivity contribution in [3.63, 3.8) is 0 Å². The molecule has 0 radical (unpaired) electrons. The number of allylic oxidation sites excluding steroid dienone is 1. The van der Waals surface area contributed by atoms with Gasteiger partial charge in [-0.05, 0) is 64.2 Å². The fraction of sp³-hybridized carbons (Fsp3) is 0.107. The molecule has 3 aromatic carbocycles. The van der Waals surface area contributed by atoms with Crippen LogP contribution in [0, 0.1) is 0 Å². The summed E-state index contributed by atoms with van der Waals surface area (Å²) in [5.41, 5.74) is 6.18. The van der Waals surface area contributed by atoms with Gasteiger partial charge in [0.2, 0.25) is 0 Å². The van der Waals surface area contributed by atoms with Crippen LogP contribution in [0.4, 0.5) is 0 Å². The number of fused-ring (bicyclic) bond motifs is 2. The predicted molar refractivity (Wildman–Crippen MR) is 133 cm³/mol. The van der Waals surface area contributed by atoms with Gasteiger partial charge in [-0.3, -0.25) is 0 Å². The number of rotatable bonds is 5. The summed E-state index contributed by atoms with van der Waals surface area (Å²) >= 11 is 0. The van der Waals surface area contributed by atoms with Gasteiger partial charge in [-0.1, -0.05) is 66.7 Å². The summed E-state index contributed by atoms with van der Waals surface area (Å²) in [6.07, 6.45) is 3.70. The van der Waals surface area contributed by atoms with Gasteiger partial charge in [-0.25, -0.2) is 9.78 Å². The lowest BCUT2D eigenvalue weighted by molar-refractivity contribution is 0.0460. The summed E-state index contributed by atoms with van der Waals surface area (Å²) in [5.74, 6) is 0.0487. The van der Waals surface area contributed by atoms with Crippen LogP contribution in [0.2, 0.25) is 0 Å². The second kappa shape index (κ2) is 8.95. The van der Waals surface area contributed by atoms with E-state index in [4.69, 9.17) is 9.72 Å². The number of nitrogens with zero attached hydrogens (tertiary/aromatic N) is 5. The Morgan fingerprint density at radius 2 is 1.66 bits per heavy atom. The van der Waals surface area contributed by atoms with Crippen molar-refractivity contribution >= 4 is 28.5 Å². The Balaban J connectivity index is 1.36. The van der Waals surface area contributed by atoms with Crippen LogP contribution < -0.4 is 0 Å². The molecule has 0 bridgehead atoms. The summed E-state index contributed by atoms with van der Waals surface area (Å²) in [6.45, 7) is -0.0428. The van der Waals surface area contributed by atoms with Gasteiger partial charge < -0.3 is 4.74 Å². The van der Waals surface area contributed by atoms with Gasteiger partial charge in [0, 0.05) is 5.39 Å². The number of aromatic nitrogens is 5. The molecule has 2 heterocycles. The summed E-state index contributed by atoms with van der Waals surface area (Å²) in [7, 11) is 0. The van der Waals surface area contributed by atoms with E-state index in [-0.39, 0.29) is 6.61 Å². The van der Waals surface area contributed by atoms with E-state index < -0.39 is 5.97 Å². The molecule has 0 N–H and O–H groups in total. The van der Waals surface area contributed by atoms with Gasteiger partial charge in [0.05, 0.1) is 22.5 Å². The van der Waals surface area contributed by atoms with Crippen LogP contribution in [-0.4, -0.2) is 31.2 Å². The number of carbonyl (C=O) groups is 1. The Morgan fingerprint density at radius 3 is 2.49 bits per heavy atom. The molecule has 1 aliphatic carbocycles. The van der Waals surface area contributed by atoms with Crippen LogP contribution in [0.25, 0.3) is 28.2 Å². The monoisotopic (exact) mass is 459 g/mol. The average molecular weight is 460 g/mol. The molecular weight excluding hydrogens is 438 g/mol. The fourth-order valence-electron chi connectivity index (χ4n) is 4.53. The first-order valence-electron chi connectivity index (χ1n) is 11.5. The summed E-state index contributed by atoms with van der Waals surface area (Å²) in [6, 6.07) is 27.4. The molecule has 5 aromatic rings. The lowest BCUT2D eigenvalue weighted by Gasteiger charge is -2.12. The first kappa shape index (κ1) is 20.9. The molecule has 1 aliphatic rings. The van der Waals surface area contributed by atoms with E-state index in [0.29, 0.717) is 11.4 Å². The average Bonchev–Trinajstić information content (AvgIpc) is 3.54. The molecule has 2 aromatic heterocycles. The number of hydrogen-bond donors (Lipinski definition) is 0. The molecule has 0 fully saturated rings. The van der Waals surface area contributed by atoms with E-state index in [1.807, 2.05) is 72.8 Å². The SMILES string of the molecule is O=C(OCc1nnnn1-c1ccccc1)c1c2c(nc3ccccc13)C(=Cc1ccccc1)CC2. The molecule has 170 valence electrons. The standard InChI is InChI=1S/C28H21N5O2/c34-28(35-18-25-30-31-32-33(25)21-11-5-2-6-12-21)26-22-13-7-8-14-24(22)29-27-20(15-16-23(26)27)17-19-9-3-1-4-10-19/h1-14,17H,15-16,18H2. The number of esters is 1. The van der Waals surface area contributed by atoms with Crippen LogP contribution in [-0.2, 0) is 17.8 Å². The Labute approximate surface area is 201 Å². The minimum Gasteiger partial charge on any atom is -0.454 e. The number of para-hydroxylation sites is 2. The number of pyridine rings is 1. The lowest BCUT2D eigenvalue weighted by atomic mass is 10.0. The normalized spacial score (nSPS) is 13.8. The summed E-state index contributed by atoms with van der Waals surface area (Å²) in [5, 5.41) is 12.6. The van der Waals surface area contributed by atoms with E-state index >= 15 is 0 Å². The molecular formula is C28H21N5O2. The number of benzene rings is 3. The topological polar surface area (TPSA) is 82.8 Å².